The summed E-state index contributed by atoms with van der Waals surface area (Å²) in [5, 5.41) is 2.96. The van der Waals surface area contributed by atoms with Gasteiger partial charge in [-0.15, -0.1) is 0 Å². The van der Waals surface area contributed by atoms with Gasteiger partial charge in [0.15, 0.2) is 6.17 Å². The van der Waals surface area contributed by atoms with Crippen LogP contribution in [0.25, 0.3) is 0 Å². The third-order valence-electron chi connectivity index (χ3n) is 6.73. The number of carbonyl (C=O) groups excluding carboxylic acids is 1. The van der Waals surface area contributed by atoms with E-state index in [1.165, 1.54) is 89.9 Å². The Labute approximate surface area is 187 Å². The molecule has 0 bridgehead atoms. The molecule has 0 aliphatic carbocycles. The molecule has 1 aliphatic rings. The molecule has 1 aliphatic heterocycles. The lowest BCUT2D eigenvalue weighted by molar-refractivity contribution is -0.935. The van der Waals surface area contributed by atoms with Crippen molar-refractivity contribution in [2.45, 2.75) is 117 Å². The minimum absolute atomic E-state index is 0.0704. The Balaban J connectivity index is 1.97. The van der Waals surface area contributed by atoms with Crippen molar-refractivity contribution in [2.24, 2.45) is 4.99 Å². The second-order valence-electron chi connectivity index (χ2n) is 9.13. The summed E-state index contributed by atoms with van der Waals surface area (Å²) in [5.41, 5.74) is 0. The van der Waals surface area contributed by atoms with Crippen LogP contribution in [0.2, 0.25) is 0 Å². The van der Waals surface area contributed by atoms with Gasteiger partial charge in [-0.2, -0.15) is 0 Å². The van der Waals surface area contributed by atoms with E-state index in [0.29, 0.717) is 6.17 Å². The van der Waals surface area contributed by atoms with Crippen LogP contribution in [0.15, 0.2) is 17.1 Å². The minimum atomic E-state index is 0.0704. The Morgan fingerprint density at radius 2 is 1.57 bits per heavy atom. The van der Waals surface area contributed by atoms with Crippen molar-refractivity contribution in [1.82, 2.24) is 5.32 Å². The Morgan fingerprint density at radius 3 is 2.10 bits per heavy atom. The monoisotopic (exact) mass is 420 g/mol. The summed E-state index contributed by atoms with van der Waals surface area (Å²) in [7, 11) is 0. The molecule has 0 radical (unpaired) electrons. The number of nitrogens with one attached hydrogen (secondary N) is 1. The lowest BCUT2D eigenvalue weighted by Crippen LogP contribution is -2.55. The molecule has 2 unspecified atom stereocenters. The van der Waals surface area contributed by atoms with Crippen molar-refractivity contribution in [2.75, 3.05) is 26.2 Å². The number of hydrogen-bond donors (Lipinski definition) is 1. The standard InChI is InChI=1S/C26H49N3O/c1-4-6-7-8-9-10-11-12-13-14-15-16-17-18-19-20-26-28-22-24-29(26,5-2)23-21-27-25(3)30/h4,6,22,26H,5,7-21,23-24H2,1-3H3/p+1/b6-4+. The highest BCUT2D eigenvalue weighted by Gasteiger charge is 2.37. The zero-order valence-electron chi connectivity index (χ0n) is 20.3. The van der Waals surface area contributed by atoms with Gasteiger partial charge in [-0.25, -0.2) is 4.99 Å². The number of hydrogen-bond acceptors (Lipinski definition) is 2. The average molecular weight is 421 g/mol. The maximum Gasteiger partial charge on any atom is 0.217 e. The number of likely N-dealkylation sites (N-methyl/N-ethyl adjacent to an activating group) is 1. The van der Waals surface area contributed by atoms with E-state index in [0.717, 1.165) is 30.7 Å². The number of carbonyl (C=O) groups is 1. The minimum Gasteiger partial charge on any atom is -0.351 e. The van der Waals surface area contributed by atoms with Crippen LogP contribution in [0.5, 0.6) is 0 Å². The second kappa shape index (κ2) is 17.5. The van der Waals surface area contributed by atoms with Crippen molar-refractivity contribution in [1.29, 1.82) is 0 Å². The van der Waals surface area contributed by atoms with Crippen LogP contribution in [0.4, 0.5) is 0 Å². The molecular weight excluding hydrogens is 370 g/mol. The highest BCUT2D eigenvalue weighted by atomic mass is 16.1. The van der Waals surface area contributed by atoms with Crippen LogP contribution in [0.1, 0.15) is 111 Å². The van der Waals surface area contributed by atoms with Crippen LogP contribution < -0.4 is 5.32 Å². The van der Waals surface area contributed by atoms with E-state index >= 15 is 0 Å². The molecule has 1 rings (SSSR count). The summed E-state index contributed by atoms with van der Waals surface area (Å²) < 4.78 is 1.02. The Kier molecular flexibility index (Phi) is 15.7. The summed E-state index contributed by atoms with van der Waals surface area (Å²) >= 11 is 0. The fourth-order valence-electron chi connectivity index (χ4n) is 4.66. The lowest BCUT2D eigenvalue weighted by Gasteiger charge is -2.38. The normalized spacial score (nSPS) is 21.0. The van der Waals surface area contributed by atoms with Crippen LogP contribution >= 0.6 is 0 Å². The van der Waals surface area contributed by atoms with E-state index in [4.69, 9.17) is 4.99 Å². The fraction of sp³-hybridized carbons (Fsp3) is 0.846. The molecule has 1 heterocycles. The van der Waals surface area contributed by atoms with E-state index in [9.17, 15) is 4.79 Å². The molecule has 0 aromatic carbocycles. The van der Waals surface area contributed by atoms with Gasteiger partial charge >= 0.3 is 0 Å². The fourth-order valence-corrected chi connectivity index (χ4v) is 4.66. The molecule has 2 atom stereocenters. The van der Waals surface area contributed by atoms with Gasteiger partial charge in [-0.1, -0.05) is 76.4 Å². The van der Waals surface area contributed by atoms with Crippen molar-refractivity contribution in [3.63, 3.8) is 0 Å². The Morgan fingerprint density at radius 1 is 1.00 bits per heavy atom. The topological polar surface area (TPSA) is 41.5 Å². The van der Waals surface area contributed by atoms with Crippen molar-refractivity contribution >= 4 is 12.1 Å². The van der Waals surface area contributed by atoms with Gasteiger partial charge in [0.05, 0.1) is 25.8 Å². The van der Waals surface area contributed by atoms with E-state index in [1.807, 2.05) is 0 Å². The summed E-state index contributed by atoms with van der Waals surface area (Å²) in [6, 6.07) is 0. The Hall–Kier alpha value is -1.16. The molecule has 0 saturated carbocycles. The first-order valence-electron chi connectivity index (χ1n) is 12.9. The molecule has 0 aromatic rings. The van der Waals surface area contributed by atoms with Gasteiger partial charge in [-0.3, -0.25) is 9.28 Å². The second-order valence-corrected chi connectivity index (χ2v) is 9.13. The number of rotatable bonds is 19. The summed E-state index contributed by atoms with van der Waals surface area (Å²) in [4.78, 5) is 16.0. The molecule has 30 heavy (non-hydrogen) atoms. The molecule has 1 amide bonds. The van der Waals surface area contributed by atoms with E-state index in [1.54, 1.807) is 6.92 Å². The predicted octanol–water partition coefficient (Wildman–Crippen LogP) is 6.41. The van der Waals surface area contributed by atoms with Gasteiger partial charge in [0.2, 0.25) is 5.91 Å². The van der Waals surface area contributed by atoms with Crippen LogP contribution in [0.3, 0.4) is 0 Å². The van der Waals surface area contributed by atoms with Gasteiger partial charge in [0.25, 0.3) is 0 Å². The smallest absolute Gasteiger partial charge is 0.217 e. The SMILES string of the molecule is C/C=C/CCCCCCCCCCCCCCC1N=CC[N+]1(CC)CCNC(C)=O. The lowest BCUT2D eigenvalue weighted by atomic mass is 10.0. The average Bonchev–Trinajstić information content (AvgIpc) is 3.13. The van der Waals surface area contributed by atoms with Crippen LogP contribution in [-0.4, -0.2) is 48.9 Å². The molecule has 4 heteroatoms. The van der Waals surface area contributed by atoms with Crippen LogP contribution in [-0.2, 0) is 4.79 Å². The summed E-state index contributed by atoms with van der Waals surface area (Å²) in [5.74, 6) is 0.0704. The molecule has 0 aromatic heterocycles. The molecule has 0 saturated heterocycles. The zero-order valence-corrected chi connectivity index (χ0v) is 20.3. The van der Waals surface area contributed by atoms with Crippen molar-refractivity contribution in [3.8, 4) is 0 Å². The van der Waals surface area contributed by atoms with Gasteiger partial charge in [-0.05, 0) is 33.1 Å². The Bertz CT molecular complexity index is 489. The van der Waals surface area contributed by atoms with Crippen LogP contribution in [0, 0.1) is 0 Å². The molecule has 174 valence electrons. The molecule has 1 N–H and O–H groups in total. The number of aliphatic imine (C=N–C) groups is 1. The number of allylic oxidation sites excluding steroid dienone is 2. The van der Waals surface area contributed by atoms with Gasteiger partial charge in [0, 0.05) is 13.3 Å². The van der Waals surface area contributed by atoms with Gasteiger partial charge in [0.1, 0.15) is 6.54 Å². The largest absolute Gasteiger partial charge is 0.351 e. The predicted molar refractivity (Wildman–Crippen MR) is 131 cm³/mol. The first-order valence-corrected chi connectivity index (χ1v) is 12.9. The zero-order chi connectivity index (χ0) is 21.9. The maximum atomic E-state index is 11.2. The third kappa shape index (κ3) is 11.9. The number of amides is 1. The van der Waals surface area contributed by atoms with Crippen molar-refractivity contribution in [3.05, 3.63) is 12.2 Å². The maximum absolute atomic E-state index is 11.2. The first kappa shape index (κ1) is 26.9. The van der Waals surface area contributed by atoms with E-state index < -0.39 is 0 Å². The van der Waals surface area contributed by atoms with Crippen molar-refractivity contribution < 1.29 is 9.28 Å². The molecule has 0 fully saturated rings. The number of quaternary nitrogens is 1. The van der Waals surface area contributed by atoms with Gasteiger partial charge < -0.3 is 5.32 Å². The van der Waals surface area contributed by atoms with E-state index in [2.05, 4.69) is 37.5 Å². The molecular formula is C26H50N3O+. The highest BCUT2D eigenvalue weighted by molar-refractivity contribution is 5.72. The summed E-state index contributed by atoms with van der Waals surface area (Å²) in [6.07, 6.45) is 26.1. The highest BCUT2D eigenvalue weighted by Crippen LogP contribution is 2.24. The quantitative estimate of drug-likeness (QED) is 0.146. The van der Waals surface area contributed by atoms with E-state index in [-0.39, 0.29) is 5.91 Å². The molecule has 4 nitrogen and oxygen atoms in total. The number of unbranched alkanes of at least 4 members (excludes halogenated alkanes) is 12. The molecule has 0 spiro atoms. The third-order valence-corrected chi connectivity index (χ3v) is 6.73. The first-order chi connectivity index (χ1) is 14.6. The number of nitrogens with zero attached hydrogens (tertiary/aromatic N) is 2. The summed E-state index contributed by atoms with van der Waals surface area (Å²) in [6.45, 7) is 9.85.